The van der Waals surface area contributed by atoms with Crippen molar-refractivity contribution in [2.24, 2.45) is 5.10 Å². The van der Waals surface area contributed by atoms with Crippen LogP contribution in [0.3, 0.4) is 0 Å². The molecule has 1 aliphatic rings. The molecule has 0 atom stereocenters. The Kier molecular flexibility index (Phi) is 5.23. The van der Waals surface area contributed by atoms with Crippen LogP contribution in [0, 0.1) is 6.92 Å². The summed E-state index contributed by atoms with van der Waals surface area (Å²) < 4.78 is 5.23. The van der Waals surface area contributed by atoms with Crippen molar-refractivity contribution in [1.29, 1.82) is 0 Å². The van der Waals surface area contributed by atoms with Gasteiger partial charge in [0.1, 0.15) is 11.5 Å². The third kappa shape index (κ3) is 3.70. The van der Waals surface area contributed by atoms with Crippen LogP contribution in [0.4, 0.5) is 11.4 Å². The van der Waals surface area contributed by atoms with Crippen molar-refractivity contribution in [3.05, 3.63) is 53.1 Å². The number of benzene rings is 2. The number of hydrazone groups is 1. The molecule has 0 unspecified atom stereocenters. The van der Waals surface area contributed by atoms with E-state index in [0.717, 1.165) is 5.56 Å². The smallest absolute Gasteiger partial charge is 0.271 e. The molecule has 0 aromatic heterocycles. The van der Waals surface area contributed by atoms with E-state index in [0.29, 0.717) is 22.1 Å². The van der Waals surface area contributed by atoms with E-state index < -0.39 is 5.91 Å². The second-order valence-electron chi connectivity index (χ2n) is 5.84. The van der Waals surface area contributed by atoms with E-state index in [9.17, 15) is 9.59 Å². The predicted molar refractivity (Wildman–Crippen MR) is 102 cm³/mol. The quantitative estimate of drug-likeness (QED) is 0.889. The third-order valence-corrected chi connectivity index (χ3v) is 4.28. The van der Waals surface area contributed by atoms with Crippen LogP contribution in [0.15, 0.2) is 47.6 Å². The van der Waals surface area contributed by atoms with Gasteiger partial charge in [-0.05, 0) is 36.8 Å². The summed E-state index contributed by atoms with van der Waals surface area (Å²) in [6.45, 7) is 1.89. The average Bonchev–Trinajstić information content (AvgIpc) is 2.63. The van der Waals surface area contributed by atoms with E-state index in [2.05, 4.69) is 10.4 Å². The molecule has 26 heavy (non-hydrogen) atoms. The number of nitrogens with one attached hydrogen (secondary N) is 1. The summed E-state index contributed by atoms with van der Waals surface area (Å²) in [5, 5.41) is 8.81. The minimum atomic E-state index is -0.392. The molecular formula is C19H18ClN3O3. The zero-order chi connectivity index (χ0) is 18.7. The molecule has 0 fully saturated rings. The molecule has 0 saturated heterocycles. The first-order valence-corrected chi connectivity index (χ1v) is 8.48. The highest BCUT2D eigenvalue weighted by atomic mass is 35.5. The standard InChI is InChI=1S/C19H18ClN3O3/c1-12-5-3-4-6-16(12)23-18(24)10-8-14(22-23)19(25)21-15-11-13(20)7-9-17(15)26-2/h3-7,9,11H,8,10H2,1-2H3,(H,21,25). The largest absolute Gasteiger partial charge is 0.495 e. The number of hydrogen-bond acceptors (Lipinski definition) is 4. The van der Waals surface area contributed by atoms with Crippen LogP contribution in [-0.2, 0) is 9.59 Å². The molecule has 2 amide bonds. The maximum absolute atomic E-state index is 12.6. The molecule has 2 aromatic carbocycles. The number of amides is 2. The van der Waals surface area contributed by atoms with E-state index >= 15 is 0 Å². The molecule has 0 radical (unpaired) electrons. The van der Waals surface area contributed by atoms with E-state index in [1.807, 2.05) is 25.1 Å². The Labute approximate surface area is 156 Å². The molecule has 2 aromatic rings. The predicted octanol–water partition coefficient (Wildman–Crippen LogP) is 3.78. The van der Waals surface area contributed by atoms with Crippen LogP contribution >= 0.6 is 11.6 Å². The summed E-state index contributed by atoms with van der Waals surface area (Å²) in [6, 6.07) is 12.4. The fraction of sp³-hybridized carbons (Fsp3) is 0.211. The van der Waals surface area contributed by atoms with E-state index in [1.54, 1.807) is 24.3 Å². The number of nitrogens with zero attached hydrogens (tertiary/aromatic N) is 2. The Morgan fingerprint density at radius 2 is 2.00 bits per heavy atom. The minimum Gasteiger partial charge on any atom is -0.495 e. The summed E-state index contributed by atoms with van der Waals surface area (Å²) in [5.41, 5.74) is 2.30. The van der Waals surface area contributed by atoms with Crippen molar-refractivity contribution < 1.29 is 14.3 Å². The van der Waals surface area contributed by atoms with Crippen molar-refractivity contribution in [3.63, 3.8) is 0 Å². The van der Waals surface area contributed by atoms with Gasteiger partial charge in [-0.1, -0.05) is 29.8 Å². The van der Waals surface area contributed by atoms with Crippen LogP contribution in [-0.4, -0.2) is 24.6 Å². The van der Waals surface area contributed by atoms with Crippen LogP contribution < -0.4 is 15.1 Å². The highest BCUT2D eigenvalue weighted by molar-refractivity contribution is 6.44. The number of hydrogen-bond donors (Lipinski definition) is 1. The number of ether oxygens (including phenoxy) is 1. The number of carbonyl (C=O) groups excluding carboxylic acids is 2. The van der Waals surface area contributed by atoms with Gasteiger partial charge < -0.3 is 10.1 Å². The second-order valence-corrected chi connectivity index (χ2v) is 6.27. The molecule has 1 N–H and O–H groups in total. The first kappa shape index (κ1) is 17.9. The van der Waals surface area contributed by atoms with Gasteiger partial charge in [-0.15, -0.1) is 0 Å². The van der Waals surface area contributed by atoms with Crippen LogP contribution in [0.5, 0.6) is 5.75 Å². The molecule has 3 rings (SSSR count). The number of para-hydroxylation sites is 1. The molecule has 1 heterocycles. The SMILES string of the molecule is COc1ccc(Cl)cc1NC(=O)C1=NN(c2ccccc2C)C(=O)CC1. The van der Waals surface area contributed by atoms with Crippen LogP contribution in [0.2, 0.25) is 5.02 Å². The maximum atomic E-state index is 12.6. The van der Waals surface area contributed by atoms with Gasteiger partial charge in [0.15, 0.2) is 0 Å². The Hall–Kier alpha value is -2.86. The Morgan fingerprint density at radius 1 is 1.23 bits per heavy atom. The van der Waals surface area contributed by atoms with Gasteiger partial charge in [0.05, 0.1) is 18.5 Å². The topological polar surface area (TPSA) is 71.0 Å². The summed E-state index contributed by atoms with van der Waals surface area (Å²) in [4.78, 5) is 24.9. The van der Waals surface area contributed by atoms with Crippen molar-refractivity contribution in [1.82, 2.24) is 0 Å². The van der Waals surface area contributed by atoms with E-state index in [1.165, 1.54) is 12.1 Å². The molecular weight excluding hydrogens is 354 g/mol. The number of anilines is 2. The summed E-state index contributed by atoms with van der Waals surface area (Å²) in [6.07, 6.45) is 0.489. The Balaban J connectivity index is 1.88. The van der Waals surface area contributed by atoms with Crippen molar-refractivity contribution in [3.8, 4) is 5.75 Å². The Morgan fingerprint density at radius 3 is 2.73 bits per heavy atom. The summed E-state index contributed by atoms with van der Waals surface area (Å²) >= 11 is 5.99. The van der Waals surface area contributed by atoms with Gasteiger partial charge >= 0.3 is 0 Å². The van der Waals surface area contributed by atoms with Gasteiger partial charge in [-0.25, -0.2) is 5.01 Å². The number of rotatable bonds is 4. The van der Waals surface area contributed by atoms with Gasteiger partial charge in [0.2, 0.25) is 5.91 Å². The second kappa shape index (κ2) is 7.58. The molecule has 0 bridgehead atoms. The molecule has 0 aliphatic carbocycles. The Bertz CT molecular complexity index is 895. The molecule has 0 spiro atoms. The molecule has 1 aliphatic heterocycles. The number of carbonyl (C=O) groups is 2. The fourth-order valence-electron chi connectivity index (χ4n) is 2.68. The van der Waals surface area contributed by atoms with Crippen molar-refractivity contribution in [2.45, 2.75) is 19.8 Å². The summed E-state index contributed by atoms with van der Waals surface area (Å²) in [7, 11) is 1.51. The van der Waals surface area contributed by atoms with Crippen LogP contribution in [0.25, 0.3) is 0 Å². The fourth-order valence-corrected chi connectivity index (χ4v) is 2.85. The van der Waals surface area contributed by atoms with Gasteiger partial charge in [-0.3, -0.25) is 9.59 Å². The maximum Gasteiger partial charge on any atom is 0.271 e. The lowest BCUT2D eigenvalue weighted by Crippen LogP contribution is -2.36. The van der Waals surface area contributed by atoms with Gasteiger partial charge in [0, 0.05) is 17.9 Å². The lowest BCUT2D eigenvalue weighted by molar-refractivity contribution is -0.118. The highest BCUT2D eigenvalue weighted by Crippen LogP contribution is 2.28. The molecule has 134 valence electrons. The lowest BCUT2D eigenvalue weighted by Gasteiger charge is -2.24. The average molecular weight is 372 g/mol. The van der Waals surface area contributed by atoms with Crippen molar-refractivity contribution in [2.75, 3.05) is 17.4 Å². The van der Waals surface area contributed by atoms with Crippen LogP contribution in [0.1, 0.15) is 18.4 Å². The van der Waals surface area contributed by atoms with E-state index in [4.69, 9.17) is 16.3 Å². The van der Waals surface area contributed by atoms with Gasteiger partial charge in [-0.2, -0.15) is 5.10 Å². The molecule has 0 saturated carbocycles. The zero-order valence-electron chi connectivity index (χ0n) is 14.5. The molecule has 6 nitrogen and oxygen atoms in total. The minimum absolute atomic E-state index is 0.142. The zero-order valence-corrected chi connectivity index (χ0v) is 15.2. The van der Waals surface area contributed by atoms with Gasteiger partial charge in [0.25, 0.3) is 5.91 Å². The molecule has 7 heteroatoms. The highest BCUT2D eigenvalue weighted by Gasteiger charge is 2.26. The number of methoxy groups -OCH3 is 1. The summed E-state index contributed by atoms with van der Waals surface area (Å²) in [5.74, 6) is -0.0427. The number of halogens is 1. The normalized spacial score (nSPS) is 14.0. The number of aryl methyl sites for hydroxylation is 1. The van der Waals surface area contributed by atoms with E-state index in [-0.39, 0.29) is 24.5 Å². The lowest BCUT2D eigenvalue weighted by atomic mass is 10.1. The first-order valence-electron chi connectivity index (χ1n) is 8.10. The van der Waals surface area contributed by atoms with Crippen molar-refractivity contribution >= 4 is 40.5 Å². The third-order valence-electron chi connectivity index (χ3n) is 4.05. The monoisotopic (exact) mass is 371 g/mol. The first-order chi connectivity index (χ1) is 12.5.